The molecule has 2 atom stereocenters. The molecule has 2 N–H and O–H groups in total. The van der Waals surface area contributed by atoms with Crippen molar-refractivity contribution in [3.05, 3.63) is 0 Å². The molecular weight excluding hydrogens is 268 g/mol. The third-order valence-corrected chi connectivity index (χ3v) is 4.95. The molecule has 2 rings (SSSR count). The van der Waals surface area contributed by atoms with E-state index in [1.54, 1.807) is 11.9 Å². The molecule has 2 aliphatic rings. The molecule has 2 aliphatic carbocycles. The van der Waals surface area contributed by atoms with Crippen molar-refractivity contribution in [2.24, 2.45) is 5.92 Å². The van der Waals surface area contributed by atoms with Gasteiger partial charge in [-0.05, 0) is 25.7 Å². The molecule has 0 spiro atoms. The van der Waals surface area contributed by atoms with Crippen LogP contribution in [0.4, 0.5) is 0 Å². The van der Waals surface area contributed by atoms with E-state index in [1.807, 2.05) is 0 Å². The van der Waals surface area contributed by atoms with Gasteiger partial charge >= 0.3 is 0 Å². The summed E-state index contributed by atoms with van der Waals surface area (Å²) in [5.74, 6) is 0.256. The molecule has 0 aromatic rings. The van der Waals surface area contributed by atoms with Crippen LogP contribution >= 0.6 is 0 Å². The van der Waals surface area contributed by atoms with E-state index >= 15 is 0 Å². The first-order valence-electron chi connectivity index (χ1n) is 8.31. The number of hydrogen-bond donors (Lipinski definition) is 2. The lowest BCUT2D eigenvalue weighted by molar-refractivity contribution is -0.135. The summed E-state index contributed by atoms with van der Waals surface area (Å²) >= 11 is 0. The molecule has 0 bridgehead atoms. The fraction of sp³-hybridized carbons (Fsp3) is 0.875. The summed E-state index contributed by atoms with van der Waals surface area (Å²) in [4.78, 5) is 25.7. The Labute approximate surface area is 127 Å². The second-order valence-electron chi connectivity index (χ2n) is 6.45. The highest BCUT2D eigenvalue weighted by Gasteiger charge is 2.29. The monoisotopic (exact) mass is 296 g/mol. The average Bonchev–Trinajstić information content (AvgIpc) is 3.01. The highest BCUT2D eigenvalue weighted by molar-refractivity contribution is 5.80. The molecule has 120 valence electrons. The number of nitrogens with zero attached hydrogens (tertiary/aromatic N) is 1. The predicted molar refractivity (Wildman–Crippen MR) is 80.6 cm³/mol. The first kappa shape index (κ1) is 16.3. The van der Waals surface area contributed by atoms with Crippen LogP contribution in [0, 0.1) is 5.92 Å². The van der Waals surface area contributed by atoms with E-state index in [2.05, 4.69) is 5.32 Å². The minimum atomic E-state index is -0.402. The first-order chi connectivity index (χ1) is 10.1. The molecule has 2 saturated carbocycles. The van der Waals surface area contributed by atoms with Crippen LogP contribution in [0.1, 0.15) is 57.8 Å². The quantitative estimate of drug-likeness (QED) is 0.806. The van der Waals surface area contributed by atoms with Crippen LogP contribution in [0.5, 0.6) is 0 Å². The zero-order valence-corrected chi connectivity index (χ0v) is 13.0. The number of carbonyl (C=O) groups excluding carboxylic acids is 2. The molecule has 0 aromatic carbocycles. The van der Waals surface area contributed by atoms with Crippen LogP contribution in [0.25, 0.3) is 0 Å². The summed E-state index contributed by atoms with van der Waals surface area (Å²) in [6.45, 7) is 0.404. The molecular formula is C16H28N2O3. The highest BCUT2D eigenvalue weighted by Crippen LogP contribution is 2.25. The summed E-state index contributed by atoms with van der Waals surface area (Å²) in [6.07, 6.45) is 7.91. The van der Waals surface area contributed by atoms with Crippen LogP contribution in [0.3, 0.4) is 0 Å². The van der Waals surface area contributed by atoms with E-state index in [1.165, 1.54) is 0 Å². The topological polar surface area (TPSA) is 69.6 Å². The van der Waals surface area contributed by atoms with Crippen molar-refractivity contribution < 1.29 is 14.7 Å². The Morgan fingerprint density at radius 3 is 2.38 bits per heavy atom. The largest absolute Gasteiger partial charge is 0.391 e. The Bertz CT molecular complexity index is 367. The molecule has 2 unspecified atom stereocenters. The molecule has 0 heterocycles. The van der Waals surface area contributed by atoms with Gasteiger partial charge in [0, 0.05) is 25.9 Å². The zero-order chi connectivity index (χ0) is 15.2. The SMILES string of the molecule is CN(C(=O)CCNC(=O)C1CCCC1)C1CCCCC1O. The molecule has 2 amide bonds. The van der Waals surface area contributed by atoms with Crippen LogP contribution in [0.15, 0.2) is 0 Å². The number of aliphatic hydroxyl groups is 1. The minimum Gasteiger partial charge on any atom is -0.391 e. The molecule has 0 saturated heterocycles. The van der Waals surface area contributed by atoms with Gasteiger partial charge in [-0.3, -0.25) is 9.59 Å². The normalized spacial score (nSPS) is 26.6. The van der Waals surface area contributed by atoms with Gasteiger partial charge < -0.3 is 15.3 Å². The van der Waals surface area contributed by atoms with Crippen LogP contribution < -0.4 is 5.32 Å². The lowest BCUT2D eigenvalue weighted by Gasteiger charge is -2.35. The summed E-state index contributed by atoms with van der Waals surface area (Å²) in [7, 11) is 1.76. The van der Waals surface area contributed by atoms with Crippen molar-refractivity contribution >= 4 is 11.8 Å². The Balaban J connectivity index is 1.69. The Kier molecular flexibility index (Phi) is 6.03. The number of amides is 2. The van der Waals surface area contributed by atoms with Gasteiger partial charge in [0.1, 0.15) is 0 Å². The van der Waals surface area contributed by atoms with Gasteiger partial charge in [-0.15, -0.1) is 0 Å². The molecule has 0 aromatic heterocycles. The van der Waals surface area contributed by atoms with Gasteiger partial charge in [0.05, 0.1) is 12.1 Å². The third-order valence-electron chi connectivity index (χ3n) is 4.95. The molecule has 0 aliphatic heterocycles. The lowest BCUT2D eigenvalue weighted by atomic mass is 9.91. The van der Waals surface area contributed by atoms with Gasteiger partial charge in [-0.25, -0.2) is 0 Å². The fourth-order valence-electron chi connectivity index (χ4n) is 3.53. The highest BCUT2D eigenvalue weighted by atomic mass is 16.3. The maximum absolute atomic E-state index is 12.2. The van der Waals surface area contributed by atoms with E-state index in [9.17, 15) is 14.7 Å². The Morgan fingerprint density at radius 1 is 1.10 bits per heavy atom. The second-order valence-corrected chi connectivity index (χ2v) is 6.45. The van der Waals surface area contributed by atoms with Crippen molar-refractivity contribution in [1.82, 2.24) is 10.2 Å². The fourth-order valence-corrected chi connectivity index (χ4v) is 3.53. The molecule has 0 radical (unpaired) electrons. The maximum atomic E-state index is 12.2. The van der Waals surface area contributed by atoms with Crippen molar-refractivity contribution in [1.29, 1.82) is 0 Å². The Morgan fingerprint density at radius 2 is 1.71 bits per heavy atom. The summed E-state index contributed by atoms with van der Waals surface area (Å²) < 4.78 is 0. The predicted octanol–water partition coefficient (Wildman–Crippen LogP) is 1.44. The average molecular weight is 296 g/mol. The molecule has 21 heavy (non-hydrogen) atoms. The maximum Gasteiger partial charge on any atom is 0.224 e. The number of hydrogen-bond acceptors (Lipinski definition) is 3. The number of rotatable bonds is 5. The van der Waals surface area contributed by atoms with E-state index in [4.69, 9.17) is 0 Å². The number of nitrogens with one attached hydrogen (secondary N) is 1. The number of carbonyl (C=O) groups is 2. The van der Waals surface area contributed by atoms with Crippen LogP contribution in [-0.4, -0.2) is 47.6 Å². The lowest BCUT2D eigenvalue weighted by Crippen LogP contribution is -2.47. The van der Waals surface area contributed by atoms with Gasteiger partial charge in [-0.1, -0.05) is 25.7 Å². The summed E-state index contributed by atoms with van der Waals surface area (Å²) in [5.41, 5.74) is 0. The molecule has 5 heteroatoms. The van der Waals surface area contributed by atoms with Crippen LogP contribution in [-0.2, 0) is 9.59 Å². The number of likely N-dealkylation sites (N-methyl/N-ethyl adjacent to an activating group) is 1. The van der Waals surface area contributed by atoms with Crippen LogP contribution in [0.2, 0.25) is 0 Å². The van der Waals surface area contributed by atoms with E-state index < -0.39 is 6.10 Å². The standard InChI is InChI=1S/C16H28N2O3/c1-18(13-8-4-5-9-14(13)19)15(20)10-11-17-16(21)12-6-2-3-7-12/h12-14,19H,2-11H2,1H3,(H,17,21). The first-order valence-corrected chi connectivity index (χ1v) is 8.31. The van der Waals surface area contributed by atoms with Crippen molar-refractivity contribution in [3.63, 3.8) is 0 Å². The van der Waals surface area contributed by atoms with Gasteiger partial charge in [0.25, 0.3) is 0 Å². The van der Waals surface area contributed by atoms with Crippen molar-refractivity contribution in [2.45, 2.75) is 69.9 Å². The van der Waals surface area contributed by atoms with E-state index in [0.717, 1.165) is 51.4 Å². The van der Waals surface area contributed by atoms with Gasteiger partial charge in [-0.2, -0.15) is 0 Å². The van der Waals surface area contributed by atoms with Crippen molar-refractivity contribution in [3.8, 4) is 0 Å². The van der Waals surface area contributed by atoms with Gasteiger partial charge in [0.2, 0.25) is 11.8 Å². The second kappa shape index (κ2) is 7.78. The summed E-state index contributed by atoms with van der Waals surface area (Å²) in [6, 6.07) is -0.0585. The van der Waals surface area contributed by atoms with E-state index in [-0.39, 0.29) is 23.8 Å². The third kappa shape index (κ3) is 4.43. The minimum absolute atomic E-state index is 0.00710. The number of aliphatic hydroxyl groups excluding tert-OH is 1. The smallest absolute Gasteiger partial charge is 0.224 e. The zero-order valence-electron chi connectivity index (χ0n) is 13.0. The van der Waals surface area contributed by atoms with Gasteiger partial charge in [0.15, 0.2) is 0 Å². The van der Waals surface area contributed by atoms with E-state index in [0.29, 0.717) is 13.0 Å². The molecule has 2 fully saturated rings. The Hall–Kier alpha value is -1.10. The molecule has 5 nitrogen and oxygen atoms in total. The summed E-state index contributed by atoms with van der Waals surface area (Å²) in [5, 5.41) is 12.9. The van der Waals surface area contributed by atoms with Crippen molar-refractivity contribution in [2.75, 3.05) is 13.6 Å².